The maximum absolute atomic E-state index is 5.26. The van der Waals surface area contributed by atoms with Crippen LogP contribution in [0.3, 0.4) is 0 Å². The average Bonchev–Trinajstić information content (AvgIpc) is 1.97. The fourth-order valence-electron chi connectivity index (χ4n) is 0.565. The maximum atomic E-state index is 5.26. The number of ether oxygens (including phenoxy) is 2. The lowest BCUT2D eigenvalue weighted by Gasteiger charge is -2.01. The molecule has 2 nitrogen and oxygen atoms in total. The molecular weight excluding hydrogens is 147 g/mol. The van der Waals surface area contributed by atoms with Gasteiger partial charge in [0.1, 0.15) is 0 Å². The van der Waals surface area contributed by atoms with Crippen molar-refractivity contribution in [1.82, 2.24) is 0 Å². The summed E-state index contributed by atoms with van der Waals surface area (Å²) < 4.78 is 10.1. The van der Waals surface area contributed by atoms with Crippen molar-refractivity contribution in [2.24, 2.45) is 0 Å². The quantitative estimate of drug-likeness (QED) is 0.417. The van der Waals surface area contributed by atoms with E-state index in [1.165, 1.54) is 12.3 Å². The molecule has 0 heterocycles. The van der Waals surface area contributed by atoms with Gasteiger partial charge >= 0.3 is 0 Å². The predicted octanol–water partition coefficient (Wildman–Crippen LogP) is 1.35. The first-order chi connectivity index (χ1) is 4.91. The van der Waals surface area contributed by atoms with E-state index in [0.717, 1.165) is 28.4 Å². The number of hydrogen-bond donors (Lipinski definition) is 0. The number of methoxy groups -OCH3 is 1. The van der Waals surface area contributed by atoms with E-state index in [-0.39, 0.29) is 0 Å². The molecule has 3 heteroatoms. The molecule has 1 unspecified atom stereocenters. The monoisotopic (exact) mass is 164 g/mol. The van der Waals surface area contributed by atoms with Crippen LogP contribution in [0.25, 0.3) is 0 Å². The molecule has 0 rings (SSSR count). The molecule has 0 saturated carbocycles. The Morgan fingerprint density at radius 3 is 2.60 bits per heavy atom. The lowest BCUT2D eigenvalue weighted by Crippen LogP contribution is -2.03. The Labute approximate surface area is 65.1 Å². The zero-order chi connectivity index (χ0) is 7.66. The van der Waals surface area contributed by atoms with Crippen molar-refractivity contribution in [3.8, 4) is 0 Å². The second kappa shape index (κ2) is 9.35. The largest absolute Gasteiger partial charge is 0.382 e. The minimum Gasteiger partial charge on any atom is -0.382 e. The molecular formula is C7H17O2P. The van der Waals surface area contributed by atoms with E-state index in [9.17, 15) is 0 Å². The zero-order valence-corrected chi connectivity index (χ0v) is 7.85. The zero-order valence-electron chi connectivity index (χ0n) is 6.85. The first kappa shape index (κ1) is 10.3. The van der Waals surface area contributed by atoms with Gasteiger partial charge in [0.2, 0.25) is 0 Å². The molecule has 0 aliphatic carbocycles. The molecule has 1 atom stereocenters. The second-order valence-electron chi connectivity index (χ2n) is 1.96. The number of rotatable bonds is 7. The summed E-state index contributed by atoms with van der Waals surface area (Å²) in [6.45, 7) is 4.56. The summed E-state index contributed by atoms with van der Waals surface area (Å²) in [6, 6.07) is 0. The summed E-state index contributed by atoms with van der Waals surface area (Å²) in [5.74, 6) is 0. The Morgan fingerprint density at radius 2 is 2.00 bits per heavy atom. The van der Waals surface area contributed by atoms with Crippen LogP contribution in [-0.4, -0.2) is 39.3 Å². The molecule has 0 aromatic rings. The third-order valence-electron chi connectivity index (χ3n) is 1.10. The van der Waals surface area contributed by atoms with Crippen LogP contribution in [0.1, 0.15) is 6.92 Å². The Hall–Kier alpha value is 0.350. The summed E-state index contributed by atoms with van der Waals surface area (Å²) in [7, 11) is 2.75. The van der Waals surface area contributed by atoms with Crippen molar-refractivity contribution < 1.29 is 9.47 Å². The fourth-order valence-corrected chi connectivity index (χ4v) is 1.21. The van der Waals surface area contributed by atoms with E-state index in [2.05, 4.69) is 6.92 Å². The molecule has 0 aromatic heterocycles. The molecule has 10 heavy (non-hydrogen) atoms. The lowest BCUT2D eigenvalue weighted by atomic mass is 10.7. The van der Waals surface area contributed by atoms with Crippen LogP contribution in [0.2, 0.25) is 0 Å². The molecule has 0 N–H and O–H groups in total. The second-order valence-corrected chi connectivity index (χ2v) is 3.67. The first-order valence-corrected chi connectivity index (χ1v) is 5.10. The Kier molecular flexibility index (Phi) is 9.68. The molecule has 0 radical (unpaired) electrons. The van der Waals surface area contributed by atoms with E-state index in [0.29, 0.717) is 0 Å². The van der Waals surface area contributed by atoms with Crippen molar-refractivity contribution >= 4 is 8.58 Å². The molecule has 0 spiro atoms. The van der Waals surface area contributed by atoms with Gasteiger partial charge < -0.3 is 9.47 Å². The van der Waals surface area contributed by atoms with E-state index < -0.39 is 0 Å². The van der Waals surface area contributed by atoms with Crippen LogP contribution < -0.4 is 0 Å². The predicted molar refractivity (Wildman–Crippen MR) is 46.4 cm³/mol. The van der Waals surface area contributed by atoms with E-state index in [1.54, 1.807) is 7.11 Å². The minimum absolute atomic E-state index is 0.717. The third kappa shape index (κ3) is 8.35. The highest BCUT2D eigenvalue weighted by Crippen LogP contribution is 2.06. The number of hydrogen-bond acceptors (Lipinski definition) is 2. The van der Waals surface area contributed by atoms with Gasteiger partial charge in [-0.2, -0.15) is 0 Å². The van der Waals surface area contributed by atoms with Gasteiger partial charge in [0.25, 0.3) is 0 Å². The van der Waals surface area contributed by atoms with E-state index in [1.807, 2.05) is 0 Å². The third-order valence-corrected chi connectivity index (χ3v) is 2.16. The van der Waals surface area contributed by atoms with Gasteiger partial charge in [-0.3, -0.25) is 0 Å². The molecule has 0 aliphatic heterocycles. The van der Waals surface area contributed by atoms with Gasteiger partial charge in [0.15, 0.2) is 0 Å². The van der Waals surface area contributed by atoms with Crippen molar-refractivity contribution in [1.29, 1.82) is 0 Å². The highest BCUT2D eigenvalue weighted by atomic mass is 31.1. The van der Waals surface area contributed by atoms with Gasteiger partial charge in [-0.05, 0) is 12.3 Å². The van der Waals surface area contributed by atoms with Crippen LogP contribution >= 0.6 is 8.58 Å². The molecule has 62 valence electrons. The molecule has 0 bridgehead atoms. The molecule has 0 saturated heterocycles. The molecule has 0 amide bonds. The van der Waals surface area contributed by atoms with E-state index >= 15 is 0 Å². The van der Waals surface area contributed by atoms with Gasteiger partial charge in [-0.25, -0.2) is 0 Å². The van der Waals surface area contributed by atoms with Crippen molar-refractivity contribution in [3.05, 3.63) is 0 Å². The van der Waals surface area contributed by atoms with Gasteiger partial charge in [-0.1, -0.05) is 6.92 Å². The summed E-state index contributed by atoms with van der Waals surface area (Å²) in [6.07, 6.45) is 2.49. The summed E-state index contributed by atoms with van der Waals surface area (Å²) >= 11 is 0. The van der Waals surface area contributed by atoms with Crippen molar-refractivity contribution in [2.75, 3.05) is 39.3 Å². The van der Waals surface area contributed by atoms with Crippen LogP contribution in [0.15, 0.2) is 0 Å². The topological polar surface area (TPSA) is 18.5 Å². The molecule has 0 aliphatic rings. The summed E-state index contributed by atoms with van der Waals surface area (Å²) in [4.78, 5) is 0. The smallest absolute Gasteiger partial charge is 0.0700 e. The van der Waals surface area contributed by atoms with Gasteiger partial charge in [0, 0.05) is 7.11 Å². The van der Waals surface area contributed by atoms with E-state index in [4.69, 9.17) is 9.47 Å². The van der Waals surface area contributed by atoms with Crippen molar-refractivity contribution in [2.45, 2.75) is 6.92 Å². The average molecular weight is 164 g/mol. The fraction of sp³-hybridized carbons (Fsp3) is 1.00. The minimum atomic E-state index is 0.717. The molecule has 0 fully saturated rings. The standard InChI is InChI=1S/C7H17O2P/c1-3-10-7-6-9-5-4-8-2/h10H,3-7H2,1-2H3. The Morgan fingerprint density at radius 1 is 1.20 bits per heavy atom. The van der Waals surface area contributed by atoms with Crippen LogP contribution in [0.4, 0.5) is 0 Å². The Bertz CT molecular complexity index is 51.6. The van der Waals surface area contributed by atoms with Crippen LogP contribution in [0.5, 0.6) is 0 Å². The highest BCUT2D eigenvalue weighted by molar-refractivity contribution is 7.37. The maximum Gasteiger partial charge on any atom is 0.0700 e. The highest BCUT2D eigenvalue weighted by Gasteiger charge is 1.86. The van der Waals surface area contributed by atoms with Gasteiger partial charge in [0.05, 0.1) is 19.8 Å². The normalized spacial score (nSPS) is 11.4. The first-order valence-electron chi connectivity index (χ1n) is 3.69. The molecule has 0 aromatic carbocycles. The lowest BCUT2D eigenvalue weighted by molar-refractivity contribution is 0.0788. The summed E-state index contributed by atoms with van der Waals surface area (Å²) in [5, 5.41) is 0. The summed E-state index contributed by atoms with van der Waals surface area (Å²) in [5.41, 5.74) is 0. The van der Waals surface area contributed by atoms with Crippen LogP contribution in [0, 0.1) is 0 Å². The van der Waals surface area contributed by atoms with Gasteiger partial charge in [-0.15, -0.1) is 8.58 Å². The van der Waals surface area contributed by atoms with Crippen LogP contribution in [-0.2, 0) is 9.47 Å². The Balaban J connectivity index is 2.65. The van der Waals surface area contributed by atoms with Crippen molar-refractivity contribution in [3.63, 3.8) is 0 Å². The SMILES string of the molecule is CCPCCOCCOC.